The van der Waals surface area contributed by atoms with Crippen molar-refractivity contribution in [3.05, 3.63) is 30.3 Å². The molecule has 14 heavy (non-hydrogen) atoms. The fourth-order valence-electron chi connectivity index (χ4n) is 1.39. The molecule has 0 aliphatic rings. The minimum absolute atomic E-state index is 0.847. The Labute approximate surface area is 92.1 Å². The minimum atomic E-state index is 0.847. The van der Waals surface area contributed by atoms with Gasteiger partial charge < -0.3 is 0 Å². The van der Waals surface area contributed by atoms with Gasteiger partial charge in [-0.2, -0.15) is 0 Å². The second-order valence-corrected chi connectivity index (χ2v) is 4.96. The Balaban J connectivity index is 2.20. The summed E-state index contributed by atoms with van der Waals surface area (Å²) in [5.74, 6) is 2.10. The highest BCUT2D eigenvalue weighted by Crippen LogP contribution is 2.22. The summed E-state index contributed by atoms with van der Waals surface area (Å²) in [6.07, 6.45) is 4.06. The molecule has 0 aromatic heterocycles. The van der Waals surface area contributed by atoms with Crippen molar-refractivity contribution in [2.75, 3.05) is 5.75 Å². The highest BCUT2D eigenvalue weighted by atomic mass is 32.2. The fraction of sp³-hybridized carbons (Fsp3) is 0.538. The van der Waals surface area contributed by atoms with Crippen molar-refractivity contribution < 1.29 is 0 Å². The number of benzene rings is 1. The molecule has 1 heteroatoms. The first-order valence-electron chi connectivity index (χ1n) is 5.50. The molecule has 0 saturated heterocycles. The molecule has 1 aromatic rings. The van der Waals surface area contributed by atoms with Crippen LogP contribution >= 0.6 is 11.8 Å². The maximum absolute atomic E-state index is 2.35. The normalized spacial score (nSPS) is 12.7. The van der Waals surface area contributed by atoms with Crippen LogP contribution < -0.4 is 0 Å². The van der Waals surface area contributed by atoms with Crippen LogP contribution in [-0.4, -0.2) is 5.75 Å². The quantitative estimate of drug-likeness (QED) is 0.615. The summed E-state index contributed by atoms with van der Waals surface area (Å²) >= 11 is 1.98. The van der Waals surface area contributed by atoms with Crippen LogP contribution in [-0.2, 0) is 0 Å². The van der Waals surface area contributed by atoms with Gasteiger partial charge in [-0.25, -0.2) is 0 Å². The van der Waals surface area contributed by atoms with Crippen molar-refractivity contribution in [3.8, 4) is 0 Å². The number of hydrogen-bond donors (Lipinski definition) is 0. The largest absolute Gasteiger partial charge is 0.126 e. The monoisotopic (exact) mass is 208 g/mol. The van der Waals surface area contributed by atoms with Crippen LogP contribution in [0.1, 0.15) is 33.1 Å². The summed E-state index contributed by atoms with van der Waals surface area (Å²) in [6.45, 7) is 4.61. The van der Waals surface area contributed by atoms with Gasteiger partial charge in [-0.05, 0) is 24.5 Å². The highest BCUT2D eigenvalue weighted by molar-refractivity contribution is 7.99. The molecule has 1 atom stereocenters. The highest BCUT2D eigenvalue weighted by Gasteiger charge is 2.01. The molecule has 1 unspecified atom stereocenters. The molecule has 0 heterocycles. The van der Waals surface area contributed by atoms with Crippen molar-refractivity contribution >= 4 is 11.8 Å². The second-order valence-electron chi connectivity index (χ2n) is 3.87. The summed E-state index contributed by atoms with van der Waals surface area (Å²) in [5.41, 5.74) is 0. The minimum Gasteiger partial charge on any atom is -0.126 e. The van der Waals surface area contributed by atoms with Crippen LogP contribution in [0.5, 0.6) is 0 Å². The Kier molecular flexibility index (Phi) is 5.77. The Hall–Kier alpha value is -0.430. The molecule has 0 N–H and O–H groups in total. The van der Waals surface area contributed by atoms with E-state index in [1.165, 1.54) is 29.9 Å². The molecule has 0 saturated carbocycles. The van der Waals surface area contributed by atoms with Gasteiger partial charge in [0.2, 0.25) is 0 Å². The molecule has 0 radical (unpaired) electrons. The lowest BCUT2D eigenvalue weighted by Crippen LogP contribution is -1.97. The third-order valence-corrected chi connectivity index (χ3v) is 3.67. The summed E-state index contributed by atoms with van der Waals surface area (Å²) in [6, 6.07) is 10.7. The summed E-state index contributed by atoms with van der Waals surface area (Å²) in [4.78, 5) is 1.40. The lowest BCUT2D eigenvalue weighted by atomic mass is 10.1. The van der Waals surface area contributed by atoms with E-state index < -0.39 is 0 Å². The van der Waals surface area contributed by atoms with Gasteiger partial charge in [0.05, 0.1) is 0 Å². The number of rotatable bonds is 6. The summed E-state index contributed by atoms with van der Waals surface area (Å²) in [5, 5.41) is 0. The lowest BCUT2D eigenvalue weighted by molar-refractivity contribution is 0.557. The van der Waals surface area contributed by atoms with Gasteiger partial charge in [0.25, 0.3) is 0 Å². The molecule has 0 aliphatic heterocycles. The average molecular weight is 208 g/mol. The van der Waals surface area contributed by atoms with Crippen molar-refractivity contribution in [1.82, 2.24) is 0 Å². The second kappa shape index (κ2) is 6.94. The first-order chi connectivity index (χ1) is 6.83. The van der Waals surface area contributed by atoms with Crippen LogP contribution in [0.4, 0.5) is 0 Å². The predicted octanol–water partition coefficient (Wildman–Crippen LogP) is 4.61. The third-order valence-electron chi connectivity index (χ3n) is 2.33. The molecular formula is C13H20S. The van der Waals surface area contributed by atoms with Crippen LogP contribution in [0, 0.1) is 5.92 Å². The molecule has 1 rings (SSSR count). The van der Waals surface area contributed by atoms with E-state index in [0.29, 0.717) is 0 Å². The van der Waals surface area contributed by atoms with Gasteiger partial charge in [0.15, 0.2) is 0 Å². The maximum Gasteiger partial charge on any atom is 0.00720 e. The molecule has 0 bridgehead atoms. The summed E-state index contributed by atoms with van der Waals surface area (Å²) in [7, 11) is 0. The number of unbranched alkanes of at least 4 members (excludes halogenated alkanes) is 1. The standard InChI is InChI=1S/C13H20S/c1-3-4-8-12(2)11-14-13-9-6-5-7-10-13/h5-7,9-10,12H,3-4,8,11H2,1-2H3. The molecular weight excluding hydrogens is 188 g/mol. The average Bonchev–Trinajstić information content (AvgIpc) is 2.25. The molecule has 0 aliphatic carbocycles. The smallest absolute Gasteiger partial charge is 0.00720 e. The van der Waals surface area contributed by atoms with Gasteiger partial charge in [-0.15, -0.1) is 11.8 Å². The zero-order chi connectivity index (χ0) is 10.2. The maximum atomic E-state index is 2.35. The van der Waals surface area contributed by atoms with Crippen molar-refractivity contribution in [3.63, 3.8) is 0 Å². The van der Waals surface area contributed by atoms with E-state index >= 15 is 0 Å². The van der Waals surface area contributed by atoms with Crippen molar-refractivity contribution in [1.29, 1.82) is 0 Å². The molecule has 1 aromatic carbocycles. The third kappa shape index (κ3) is 4.71. The van der Waals surface area contributed by atoms with Crippen LogP contribution in [0.2, 0.25) is 0 Å². The van der Waals surface area contributed by atoms with Gasteiger partial charge in [0.1, 0.15) is 0 Å². The van der Waals surface area contributed by atoms with Gasteiger partial charge in [-0.1, -0.05) is 44.9 Å². The van der Waals surface area contributed by atoms with E-state index in [4.69, 9.17) is 0 Å². The van der Waals surface area contributed by atoms with Gasteiger partial charge >= 0.3 is 0 Å². The zero-order valence-electron chi connectivity index (χ0n) is 9.20. The van der Waals surface area contributed by atoms with E-state index in [-0.39, 0.29) is 0 Å². The SMILES string of the molecule is CCCCC(C)CSc1ccccc1. The van der Waals surface area contributed by atoms with Crippen LogP contribution in [0.25, 0.3) is 0 Å². The van der Waals surface area contributed by atoms with Crippen molar-refractivity contribution in [2.24, 2.45) is 5.92 Å². The van der Waals surface area contributed by atoms with Gasteiger partial charge in [-0.3, -0.25) is 0 Å². The number of hydrogen-bond acceptors (Lipinski definition) is 1. The molecule has 0 nitrogen and oxygen atoms in total. The molecule has 0 fully saturated rings. The Bertz CT molecular complexity index is 230. The van der Waals surface area contributed by atoms with E-state index in [9.17, 15) is 0 Å². The first-order valence-corrected chi connectivity index (χ1v) is 6.49. The first kappa shape index (κ1) is 11.6. The van der Waals surface area contributed by atoms with Crippen molar-refractivity contribution in [2.45, 2.75) is 38.0 Å². The molecule has 78 valence electrons. The van der Waals surface area contributed by atoms with Crippen LogP contribution in [0.15, 0.2) is 35.2 Å². The van der Waals surface area contributed by atoms with E-state index in [1.807, 2.05) is 11.8 Å². The Morgan fingerprint density at radius 2 is 1.93 bits per heavy atom. The molecule has 0 spiro atoms. The topological polar surface area (TPSA) is 0 Å². The molecule has 0 amide bonds. The fourth-order valence-corrected chi connectivity index (χ4v) is 2.38. The van der Waals surface area contributed by atoms with E-state index in [1.54, 1.807) is 0 Å². The number of thioether (sulfide) groups is 1. The Morgan fingerprint density at radius 1 is 1.21 bits per heavy atom. The Morgan fingerprint density at radius 3 is 2.57 bits per heavy atom. The summed E-state index contributed by atoms with van der Waals surface area (Å²) < 4.78 is 0. The predicted molar refractivity (Wildman–Crippen MR) is 65.9 cm³/mol. The van der Waals surface area contributed by atoms with Crippen LogP contribution in [0.3, 0.4) is 0 Å². The zero-order valence-corrected chi connectivity index (χ0v) is 10.0. The lowest BCUT2D eigenvalue weighted by Gasteiger charge is -2.09. The van der Waals surface area contributed by atoms with E-state index in [0.717, 1.165) is 5.92 Å². The van der Waals surface area contributed by atoms with E-state index in [2.05, 4.69) is 44.2 Å². The van der Waals surface area contributed by atoms with Gasteiger partial charge in [0, 0.05) is 10.6 Å².